The SMILES string of the molecule is Br.CC12CCC(CN1)C2. The Labute approximate surface area is 67.0 Å². The molecule has 2 fully saturated rings. The molecule has 2 aliphatic rings. The summed E-state index contributed by atoms with van der Waals surface area (Å²) >= 11 is 0. The highest BCUT2D eigenvalue weighted by molar-refractivity contribution is 8.93. The predicted molar refractivity (Wildman–Crippen MR) is 44.1 cm³/mol. The van der Waals surface area contributed by atoms with Gasteiger partial charge in [0, 0.05) is 5.54 Å². The fourth-order valence-corrected chi connectivity index (χ4v) is 2.09. The number of halogens is 1. The van der Waals surface area contributed by atoms with E-state index in [1.54, 1.807) is 0 Å². The van der Waals surface area contributed by atoms with Crippen molar-refractivity contribution in [1.29, 1.82) is 0 Å². The van der Waals surface area contributed by atoms with Crippen molar-refractivity contribution in [1.82, 2.24) is 5.32 Å². The molecule has 0 aromatic carbocycles. The van der Waals surface area contributed by atoms with E-state index in [0.29, 0.717) is 5.54 Å². The van der Waals surface area contributed by atoms with Gasteiger partial charge in [0.25, 0.3) is 0 Å². The van der Waals surface area contributed by atoms with Crippen LogP contribution in [0.3, 0.4) is 0 Å². The molecule has 0 radical (unpaired) electrons. The minimum absolute atomic E-state index is 0. The van der Waals surface area contributed by atoms with Gasteiger partial charge >= 0.3 is 0 Å². The van der Waals surface area contributed by atoms with Gasteiger partial charge in [-0.05, 0) is 38.6 Å². The van der Waals surface area contributed by atoms with E-state index in [1.807, 2.05) is 0 Å². The maximum atomic E-state index is 3.53. The summed E-state index contributed by atoms with van der Waals surface area (Å²) in [4.78, 5) is 0. The quantitative estimate of drug-likeness (QED) is 0.616. The van der Waals surface area contributed by atoms with Gasteiger partial charge in [0.15, 0.2) is 0 Å². The van der Waals surface area contributed by atoms with Gasteiger partial charge < -0.3 is 5.32 Å². The van der Waals surface area contributed by atoms with Crippen LogP contribution in [0.5, 0.6) is 0 Å². The molecule has 1 heterocycles. The summed E-state index contributed by atoms with van der Waals surface area (Å²) in [5.74, 6) is 1.03. The maximum absolute atomic E-state index is 3.53. The van der Waals surface area contributed by atoms with Crippen molar-refractivity contribution in [2.24, 2.45) is 5.92 Å². The molecule has 2 unspecified atom stereocenters. The van der Waals surface area contributed by atoms with Gasteiger partial charge in [0.1, 0.15) is 0 Å². The first-order valence-electron chi connectivity index (χ1n) is 3.54. The number of hydrogen-bond acceptors (Lipinski definition) is 1. The lowest BCUT2D eigenvalue weighted by Gasteiger charge is -2.21. The highest BCUT2D eigenvalue weighted by atomic mass is 79.9. The average molecular weight is 192 g/mol. The van der Waals surface area contributed by atoms with E-state index in [4.69, 9.17) is 0 Å². The van der Waals surface area contributed by atoms with E-state index < -0.39 is 0 Å². The van der Waals surface area contributed by atoms with Crippen molar-refractivity contribution in [3.63, 3.8) is 0 Å². The van der Waals surface area contributed by atoms with Crippen LogP contribution < -0.4 is 5.32 Å². The second-order valence-electron chi connectivity index (χ2n) is 3.55. The molecule has 9 heavy (non-hydrogen) atoms. The Kier molecular flexibility index (Phi) is 1.88. The van der Waals surface area contributed by atoms with Crippen LogP contribution in [-0.4, -0.2) is 12.1 Å². The standard InChI is InChI=1S/C7H13N.BrH/c1-7-3-2-6(4-7)5-8-7;/h6,8H,2-5H2,1H3;1H. The lowest BCUT2D eigenvalue weighted by Crippen LogP contribution is -2.36. The summed E-state index contributed by atoms with van der Waals surface area (Å²) in [6.45, 7) is 3.64. The molecule has 2 heteroatoms. The smallest absolute Gasteiger partial charge is 0.0156 e. The Morgan fingerprint density at radius 1 is 1.56 bits per heavy atom. The Hall–Kier alpha value is 0.440. The second-order valence-corrected chi connectivity index (χ2v) is 3.55. The van der Waals surface area contributed by atoms with Gasteiger partial charge in [-0.1, -0.05) is 0 Å². The van der Waals surface area contributed by atoms with E-state index in [1.165, 1.54) is 25.8 Å². The normalized spacial score (nSPS) is 47.0. The van der Waals surface area contributed by atoms with Crippen molar-refractivity contribution in [2.75, 3.05) is 6.54 Å². The van der Waals surface area contributed by atoms with Crippen LogP contribution in [0.2, 0.25) is 0 Å². The number of hydrogen-bond donors (Lipinski definition) is 1. The summed E-state index contributed by atoms with van der Waals surface area (Å²) in [5.41, 5.74) is 0.560. The molecule has 1 saturated heterocycles. The van der Waals surface area contributed by atoms with Gasteiger partial charge in [-0.15, -0.1) is 17.0 Å². The molecule has 1 N–H and O–H groups in total. The van der Waals surface area contributed by atoms with Gasteiger partial charge in [-0.2, -0.15) is 0 Å². The van der Waals surface area contributed by atoms with E-state index in [2.05, 4.69) is 12.2 Å². The lowest BCUT2D eigenvalue weighted by atomic mass is 10.0. The summed E-state index contributed by atoms with van der Waals surface area (Å²) in [7, 11) is 0. The maximum Gasteiger partial charge on any atom is 0.0156 e. The van der Waals surface area contributed by atoms with Crippen LogP contribution in [0.25, 0.3) is 0 Å². The number of fused-ring (bicyclic) bond motifs is 2. The molecular weight excluding hydrogens is 178 g/mol. The molecule has 1 aliphatic heterocycles. The highest BCUT2D eigenvalue weighted by Crippen LogP contribution is 2.38. The van der Waals surface area contributed by atoms with Crippen LogP contribution in [0.4, 0.5) is 0 Å². The zero-order valence-electron chi connectivity index (χ0n) is 5.81. The topological polar surface area (TPSA) is 12.0 Å². The third-order valence-electron chi connectivity index (χ3n) is 2.66. The molecule has 1 aliphatic carbocycles. The number of rotatable bonds is 0. The van der Waals surface area contributed by atoms with E-state index in [0.717, 1.165) is 5.92 Å². The zero-order chi connectivity index (χ0) is 5.61. The van der Waals surface area contributed by atoms with Crippen LogP contribution in [0.1, 0.15) is 26.2 Å². The molecule has 2 bridgehead atoms. The predicted octanol–water partition coefficient (Wildman–Crippen LogP) is 1.73. The fraction of sp³-hybridized carbons (Fsp3) is 1.00. The summed E-state index contributed by atoms with van der Waals surface area (Å²) < 4.78 is 0. The zero-order valence-corrected chi connectivity index (χ0v) is 7.53. The second kappa shape index (κ2) is 2.24. The Balaban J connectivity index is 0.000000405. The fourth-order valence-electron chi connectivity index (χ4n) is 2.09. The first kappa shape index (κ1) is 7.55. The van der Waals surface area contributed by atoms with Crippen molar-refractivity contribution < 1.29 is 0 Å². The molecule has 0 amide bonds. The molecule has 54 valence electrons. The first-order valence-corrected chi connectivity index (χ1v) is 3.54. The van der Waals surface area contributed by atoms with Crippen molar-refractivity contribution in [2.45, 2.75) is 31.7 Å². The first-order chi connectivity index (χ1) is 3.79. The summed E-state index contributed by atoms with van der Waals surface area (Å²) in [6.07, 6.45) is 4.33. The lowest BCUT2D eigenvalue weighted by molar-refractivity contribution is 0.394. The van der Waals surface area contributed by atoms with Crippen molar-refractivity contribution in [3.05, 3.63) is 0 Å². The van der Waals surface area contributed by atoms with E-state index >= 15 is 0 Å². The molecule has 0 aromatic rings. The molecule has 1 saturated carbocycles. The van der Waals surface area contributed by atoms with Crippen LogP contribution >= 0.6 is 17.0 Å². The minimum Gasteiger partial charge on any atom is -0.311 e. The van der Waals surface area contributed by atoms with Crippen LogP contribution in [-0.2, 0) is 0 Å². The largest absolute Gasteiger partial charge is 0.311 e. The van der Waals surface area contributed by atoms with Gasteiger partial charge in [-0.25, -0.2) is 0 Å². The minimum atomic E-state index is 0. The Morgan fingerprint density at radius 3 is 2.44 bits per heavy atom. The number of nitrogens with one attached hydrogen (secondary N) is 1. The van der Waals surface area contributed by atoms with Gasteiger partial charge in [0.2, 0.25) is 0 Å². The molecule has 2 atom stereocenters. The molecular formula is C7H14BrN. The third kappa shape index (κ3) is 1.15. The monoisotopic (exact) mass is 191 g/mol. The Morgan fingerprint density at radius 2 is 2.33 bits per heavy atom. The molecule has 0 spiro atoms. The van der Waals surface area contributed by atoms with E-state index in [-0.39, 0.29) is 17.0 Å². The summed E-state index contributed by atoms with van der Waals surface area (Å²) in [5, 5.41) is 3.53. The highest BCUT2D eigenvalue weighted by Gasteiger charge is 2.40. The molecule has 2 rings (SSSR count). The third-order valence-corrected chi connectivity index (χ3v) is 2.66. The van der Waals surface area contributed by atoms with Crippen molar-refractivity contribution >= 4 is 17.0 Å². The van der Waals surface area contributed by atoms with Crippen molar-refractivity contribution in [3.8, 4) is 0 Å². The molecule has 0 aromatic heterocycles. The summed E-state index contributed by atoms with van der Waals surface area (Å²) in [6, 6.07) is 0. The van der Waals surface area contributed by atoms with Crippen LogP contribution in [0.15, 0.2) is 0 Å². The molecule has 1 nitrogen and oxygen atoms in total. The number of piperidine rings is 1. The van der Waals surface area contributed by atoms with Crippen LogP contribution in [0, 0.1) is 5.92 Å². The van der Waals surface area contributed by atoms with Gasteiger partial charge in [-0.3, -0.25) is 0 Å². The van der Waals surface area contributed by atoms with Gasteiger partial charge in [0.05, 0.1) is 0 Å². The Bertz CT molecular complexity index is 105. The average Bonchev–Trinajstić information content (AvgIpc) is 2.21. The van der Waals surface area contributed by atoms with E-state index in [9.17, 15) is 0 Å².